The highest BCUT2D eigenvalue weighted by Gasteiger charge is 2.27. The van der Waals surface area contributed by atoms with Gasteiger partial charge in [0.1, 0.15) is 6.61 Å². The lowest BCUT2D eigenvalue weighted by Crippen LogP contribution is -2.34. The molecule has 0 saturated carbocycles. The summed E-state index contributed by atoms with van der Waals surface area (Å²) >= 11 is 0. The van der Waals surface area contributed by atoms with E-state index in [1.807, 2.05) is 0 Å². The van der Waals surface area contributed by atoms with Crippen molar-refractivity contribution in [3.05, 3.63) is 11.6 Å². The quantitative estimate of drug-likeness (QED) is 0.517. The van der Waals surface area contributed by atoms with Crippen LogP contribution in [0, 0.1) is 0 Å². The number of carboxylic acids is 1. The molecular weight excluding hydrogens is 242 g/mol. The number of rotatable bonds is 6. The highest BCUT2D eigenvalue weighted by molar-refractivity contribution is 6.15. The fourth-order valence-corrected chi connectivity index (χ4v) is 1.38. The zero-order valence-corrected chi connectivity index (χ0v) is 9.84. The Balaban J connectivity index is 2.27. The molecule has 2 amide bonds. The summed E-state index contributed by atoms with van der Waals surface area (Å²) in [6.07, 6.45) is 0.685. The normalized spacial score (nSPS) is 14.7. The van der Waals surface area contributed by atoms with Gasteiger partial charge < -0.3 is 9.84 Å². The molecule has 0 atom stereocenters. The Morgan fingerprint density at radius 1 is 1.33 bits per heavy atom. The maximum Gasteiger partial charge on any atom is 0.306 e. The van der Waals surface area contributed by atoms with E-state index < -0.39 is 23.8 Å². The molecule has 1 rings (SSSR count). The first-order chi connectivity index (χ1) is 8.41. The van der Waals surface area contributed by atoms with Crippen molar-refractivity contribution in [3.8, 4) is 0 Å². The summed E-state index contributed by atoms with van der Waals surface area (Å²) in [6.45, 7) is 1.38. The van der Waals surface area contributed by atoms with Crippen LogP contribution in [0.15, 0.2) is 11.6 Å². The molecule has 0 radical (unpaired) electrons. The van der Waals surface area contributed by atoms with Gasteiger partial charge in [0.15, 0.2) is 0 Å². The van der Waals surface area contributed by atoms with Gasteiger partial charge in [-0.3, -0.25) is 24.1 Å². The SMILES string of the molecule is CC1=CC(=O)N(CCOC(=O)CCC(=O)O)C1=O. The smallest absolute Gasteiger partial charge is 0.306 e. The first kappa shape index (κ1) is 13.9. The number of nitrogens with zero attached hydrogens (tertiary/aromatic N) is 1. The highest BCUT2D eigenvalue weighted by atomic mass is 16.5. The van der Waals surface area contributed by atoms with E-state index in [0.717, 1.165) is 4.90 Å². The summed E-state index contributed by atoms with van der Waals surface area (Å²) in [5.41, 5.74) is 0.345. The van der Waals surface area contributed by atoms with Crippen LogP contribution in [0.5, 0.6) is 0 Å². The molecule has 0 aromatic heterocycles. The largest absolute Gasteiger partial charge is 0.481 e. The van der Waals surface area contributed by atoms with Gasteiger partial charge in [-0.2, -0.15) is 0 Å². The van der Waals surface area contributed by atoms with Gasteiger partial charge in [-0.1, -0.05) is 0 Å². The molecule has 0 spiro atoms. The van der Waals surface area contributed by atoms with Gasteiger partial charge in [0, 0.05) is 11.6 Å². The number of imide groups is 1. The summed E-state index contributed by atoms with van der Waals surface area (Å²) in [5.74, 6) is -2.58. The molecule has 0 bridgehead atoms. The number of amides is 2. The van der Waals surface area contributed by atoms with Crippen molar-refractivity contribution in [3.63, 3.8) is 0 Å². The molecule has 0 unspecified atom stereocenters. The monoisotopic (exact) mass is 255 g/mol. The standard InChI is InChI=1S/C11H13NO6/c1-7-6-8(13)12(11(7)17)4-5-18-10(16)3-2-9(14)15/h6H,2-5H2,1H3,(H,14,15). The summed E-state index contributed by atoms with van der Waals surface area (Å²) < 4.78 is 4.71. The summed E-state index contributed by atoms with van der Waals surface area (Å²) in [4.78, 5) is 45.0. The number of carboxylic acid groups (broad SMARTS) is 1. The maximum absolute atomic E-state index is 11.4. The van der Waals surface area contributed by atoms with Crippen LogP contribution >= 0.6 is 0 Å². The van der Waals surface area contributed by atoms with Crippen molar-refractivity contribution in [2.24, 2.45) is 0 Å². The van der Waals surface area contributed by atoms with Crippen molar-refractivity contribution in [2.45, 2.75) is 19.8 Å². The molecular formula is C11H13NO6. The number of hydrogen-bond acceptors (Lipinski definition) is 5. The van der Waals surface area contributed by atoms with Crippen LogP contribution < -0.4 is 0 Å². The fraction of sp³-hybridized carbons (Fsp3) is 0.455. The highest BCUT2D eigenvalue weighted by Crippen LogP contribution is 2.11. The molecule has 0 aromatic rings. The molecule has 1 aliphatic heterocycles. The van der Waals surface area contributed by atoms with E-state index >= 15 is 0 Å². The van der Waals surface area contributed by atoms with E-state index in [-0.39, 0.29) is 26.0 Å². The maximum atomic E-state index is 11.4. The van der Waals surface area contributed by atoms with Gasteiger partial charge in [-0.05, 0) is 6.92 Å². The minimum Gasteiger partial charge on any atom is -0.481 e. The van der Waals surface area contributed by atoms with E-state index in [0.29, 0.717) is 5.57 Å². The average molecular weight is 255 g/mol. The molecule has 1 aliphatic rings. The first-order valence-corrected chi connectivity index (χ1v) is 5.33. The number of hydrogen-bond donors (Lipinski definition) is 1. The molecule has 0 saturated heterocycles. The number of esters is 1. The summed E-state index contributed by atoms with van der Waals surface area (Å²) in [5, 5.41) is 8.35. The molecule has 18 heavy (non-hydrogen) atoms. The van der Waals surface area contributed by atoms with E-state index in [4.69, 9.17) is 9.84 Å². The van der Waals surface area contributed by atoms with Crippen molar-refractivity contribution in [1.29, 1.82) is 0 Å². The van der Waals surface area contributed by atoms with Crippen LogP contribution in [-0.2, 0) is 23.9 Å². The lowest BCUT2D eigenvalue weighted by atomic mass is 10.3. The lowest BCUT2D eigenvalue weighted by Gasteiger charge is -2.14. The number of carbonyl (C=O) groups is 4. The van der Waals surface area contributed by atoms with Crippen LogP contribution in [0.2, 0.25) is 0 Å². The van der Waals surface area contributed by atoms with E-state index in [1.165, 1.54) is 13.0 Å². The molecule has 98 valence electrons. The Morgan fingerprint density at radius 3 is 2.50 bits per heavy atom. The molecule has 0 aromatic carbocycles. The molecule has 7 heteroatoms. The molecule has 0 aliphatic carbocycles. The third kappa shape index (κ3) is 3.69. The van der Waals surface area contributed by atoms with Crippen LogP contribution in [0.3, 0.4) is 0 Å². The fourth-order valence-electron chi connectivity index (χ4n) is 1.38. The van der Waals surface area contributed by atoms with Crippen LogP contribution in [0.4, 0.5) is 0 Å². The zero-order chi connectivity index (χ0) is 13.7. The first-order valence-electron chi connectivity index (χ1n) is 5.33. The van der Waals surface area contributed by atoms with Crippen LogP contribution in [0.25, 0.3) is 0 Å². The summed E-state index contributed by atoms with van der Waals surface area (Å²) in [6, 6.07) is 0. The average Bonchev–Trinajstić information content (AvgIpc) is 2.53. The van der Waals surface area contributed by atoms with E-state index in [2.05, 4.69) is 0 Å². The predicted octanol–water partition coefficient (Wildman–Crippen LogP) is -0.290. The minimum atomic E-state index is -1.09. The van der Waals surface area contributed by atoms with Crippen molar-refractivity contribution < 1.29 is 29.0 Å². The van der Waals surface area contributed by atoms with Crippen LogP contribution in [-0.4, -0.2) is 46.9 Å². The number of ether oxygens (including phenoxy) is 1. The summed E-state index contributed by atoms with van der Waals surface area (Å²) in [7, 11) is 0. The van der Waals surface area contributed by atoms with Crippen LogP contribution in [0.1, 0.15) is 19.8 Å². The van der Waals surface area contributed by atoms with Crippen molar-refractivity contribution in [1.82, 2.24) is 4.90 Å². The van der Waals surface area contributed by atoms with Gasteiger partial charge >= 0.3 is 11.9 Å². The molecule has 0 fully saturated rings. The van der Waals surface area contributed by atoms with Gasteiger partial charge in [-0.25, -0.2) is 0 Å². The lowest BCUT2D eigenvalue weighted by molar-refractivity contribution is -0.149. The minimum absolute atomic E-state index is 0.0235. The second-order valence-electron chi connectivity index (χ2n) is 3.74. The predicted molar refractivity (Wildman–Crippen MR) is 58.3 cm³/mol. The van der Waals surface area contributed by atoms with Gasteiger partial charge in [0.2, 0.25) is 0 Å². The topological polar surface area (TPSA) is 101 Å². The van der Waals surface area contributed by atoms with Gasteiger partial charge in [0.05, 0.1) is 19.4 Å². The Labute approximate surface area is 103 Å². The number of aliphatic carboxylic acids is 1. The molecule has 1 heterocycles. The molecule has 1 N–H and O–H groups in total. The van der Waals surface area contributed by atoms with E-state index in [9.17, 15) is 19.2 Å². The molecule has 7 nitrogen and oxygen atoms in total. The van der Waals surface area contributed by atoms with E-state index in [1.54, 1.807) is 0 Å². The Bertz CT molecular complexity index is 425. The Hall–Kier alpha value is -2.18. The van der Waals surface area contributed by atoms with Gasteiger partial charge in [-0.15, -0.1) is 0 Å². The second-order valence-corrected chi connectivity index (χ2v) is 3.74. The third-order valence-corrected chi connectivity index (χ3v) is 2.31. The zero-order valence-electron chi connectivity index (χ0n) is 9.84. The van der Waals surface area contributed by atoms with Gasteiger partial charge in [0.25, 0.3) is 11.8 Å². The van der Waals surface area contributed by atoms with Crippen molar-refractivity contribution in [2.75, 3.05) is 13.2 Å². The second kappa shape index (κ2) is 5.95. The Morgan fingerprint density at radius 2 is 2.00 bits per heavy atom. The number of carbonyl (C=O) groups excluding carboxylic acids is 3. The Kier molecular flexibility index (Phi) is 4.59. The van der Waals surface area contributed by atoms with Crippen molar-refractivity contribution >= 4 is 23.8 Å². The third-order valence-electron chi connectivity index (χ3n) is 2.31.